The SMILES string of the molecule is C#Cc1cncc(CCCN)c1. The van der Waals surface area contributed by atoms with Crippen LogP contribution >= 0.6 is 0 Å². The van der Waals surface area contributed by atoms with E-state index in [2.05, 4.69) is 10.9 Å². The molecule has 0 aliphatic rings. The summed E-state index contributed by atoms with van der Waals surface area (Å²) in [6.45, 7) is 0.709. The van der Waals surface area contributed by atoms with Crippen LogP contribution in [0.5, 0.6) is 0 Å². The lowest BCUT2D eigenvalue weighted by Crippen LogP contribution is -2.00. The van der Waals surface area contributed by atoms with Gasteiger partial charge in [0, 0.05) is 18.0 Å². The van der Waals surface area contributed by atoms with E-state index in [0.717, 1.165) is 24.0 Å². The molecule has 62 valence electrons. The molecule has 2 heteroatoms. The van der Waals surface area contributed by atoms with Gasteiger partial charge in [-0.05, 0) is 31.0 Å². The summed E-state index contributed by atoms with van der Waals surface area (Å²) in [6, 6.07) is 1.97. The van der Waals surface area contributed by atoms with Gasteiger partial charge in [-0.15, -0.1) is 6.42 Å². The topological polar surface area (TPSA) is 38.9 Å². The van der Waals surface area contributed by atoms with Gasteiger partial charge in [-0.25, -0.2) is 0 Å². The summed E-state index contributed by atoms with van der Waals surface area (Å²) in [4.78, 5) is 4.03. The molecule has 0 aromatic carbocycles. The first-order valence-electron chi connectivity index (χ1n) is 3.97. The quantitative estimate of drug-likeness (QED) is 0.669. The lowest BCUT2D eigenvalue weighted by Gasteiger charge is -1.98. The van der Waals surface area contributed by atoms with Gasteiger partial charge in [0.15, 0.2) is 0 Å². The maximum Gasteiger partial charge on any atom is 0.0428 e. The molecule has 1 aromatic heterocycles. The largest absolute Gasteiger partial charge is 0.330 e. The number of terminal acetylenes is 1. The Kier molecular flexibility index (Phi) is 3.31. The normalized spacial score (nSPS) is 9.33. The summed E-state index contributed by atoms with van der Waals surface area (Å²) in [5.41, 5.74) is 7.39. The second kappa shape index (κ2) is 4.53. The first-order valence-corrected chi connectivity index (χ1v) is 3.97. The molecule has 12 heavy (non-hydrogen) atoms. The number of nitrogens with zero attached hydrogens (tertiary/aromatic N) is 1. The molecule has 1 rings (SSSR count). The van der Waals surface area contributed by atoms with Crippen LogP contribution in [0.25, 0.3) is 0 Å². The lowest BCUT2D eigenvalue weighted by molar-refractivity contribution is 0.828. The van der Waals surface area contributed by atoms with Gasteiger partial charge in [0.1, 0.15) is 0 Å². The molecular weight excluding hydrogens is 148 g/mol. The summed E-state index contributed by atoms with van der Waals surface area (Å²) in [5.74, 6) is 2.55. The van der Waals surface area contributed by atoms with Gasteiger partial charge in [0.2, 0.25) is 0 Å². The highest BCUT2D eigenvalue weighted by Crippen LogP contribution is 2.03. The monoisotopic (exact) mass is 160 g/mol. The molecule has 2 nitrogen and oxygen atoms in total. The van der Waals surface area contributed by atoms with Gasteiger partial charge in [-0.2, -0.15) is 0 Å². The number of pyridine rings is 1. The number of hydrogen-bond donors (Lipinski definition) is 1. The van der Waals surface area contributed by atoms with Crippen molar-refractivity contribution in [3.8, 4) is 12.3 Å². The molecule has 0 saturated heterocycles. The molecule has 1 aromatic rings. The van der Waals surface area contributed by atoms with Gasteiger partial charge in [-0.3, -0.25) is 4.98 Å². The second-order valence-corrected chi connectivity index (χ2v) is 2.62. The van der Waals surface area contributed by atoms with Crippen molar-refractivity contribution in [2.24, 2.45) is 5.73 Å². The Morgan fingerprint density at radius 3 is 3.00 bits per heavy atom. The van der Waals surface area contributed by atoms with Crippen molar-refractivity contribution in [1.82, 2.24) is 4.98 Å². The zero-order valence-corrected chi connectivity index (χ0v) is 6.96. The highest BCUT2D eigenvalue weighted by molar-refractivity contribution is 5.31. The molecule has 0 atom stereocenters. The highest BCUT2D eigenvalue weighted by atomic mass is 14.6. The highest BCUT2D eigenvalue weighted by Gasteiger charge is 1.93. The van der Waals surface area contributed by atoms with E-state index in [4.69, 9.17) is 12.2 Å². The van der Waals surface area contributed by atoms with Gasteiger partial charge in [-0.1, -0.05) is 5.92 Å². The molecule has 0 spiro atoms. The average molecular weight is 160 g/mol. The maximum absolute atomic E-state index is 5.39. The van der Waals surface area contributed by atoms with Gasteiger partial charge in [0.25, 0.3) is 0 Å². The van der Waals surface area contributed by atoms with E-state index in [-0.39, 0.29) is 0 Å². The third-order valence-corrected chi connectivity index (χ3v) is 1.63. The van der Waals surface area contributed by atoms with Crippen LogP contribution in [0.3, 0.4) is 0 Å². The minimum absolute atomic E-state index is 0.709. The van der Waals surface area contributed by atoms with E-state index in [1.807, 2.05) is 12.3 Å². The molecule has 0 bridgehead atoms. The molecule has 0 fully saturated rings. The first kappa shape index (κ1) is 8.76. The predicted molar refractivity (Wildman–Crippen MR) is 49.5 cm³/mol. The molecular formula is C10H12N2. The fourth-order valence-electron chi connectivity index (χ4n) is 1.01. The van der Waals surface area contributed by atoms with E-state index >= 15 is 0 Å². The summed E-state index contributed by atoms with van der Waals surface area (Å²) >= 11 is 0. The summed E-state index contributed by atoms with van der Waals surface area (Å²) in [5, 5.41) is 0. The van der Waals surface area contributed by atoms with Crippen molar-refractivity contribution in [3.05, 3.63) is 29.6 Å². The Morgan fingerprint density at radius 1 is 1.50 bits per heavy atom. The third-order valence-electron chi connectivity index (χ3n) is 1.63. The van der Waals surface area contributed by atoms with Gasteiger partial charge in [0.05, 0.1) is 0 Å². The number of nitrogens with two attached hydrogens (primary N) is 1. The van der Waals surface area contributed by atoms with Crippen LogP contribution in [0.2, 0.25) is 0 Å². The van der Waals surface area contributed by atoms with Crippen LogP contribution in [0.1, 0.15) is 17.5 Å². The van der Waals surface area contributed by atoms with Crippen LogP contribution in [-0.2, 0) is 6.42 Å². The Morgan fingerprint density at radius 2 is 2.33 bits per heavy atom. The van der Waals surface area contributed by atoms with Crippen molar-refractivity contribution >= 4 is 0 Å². The van der Waals surface area contributed by atoms with E-state index < -0.39 is 0 Å². The molecule has 0 saturated carbocycles. The van der Waals surface area contributed by atoms with E-state index in [1.165, 1.54) is 0 Å². The number of rotatable bonds is 3. The van der Waals surface area contributed by atoms with E-state index in [9.17, 15) is 0 Å². The number of hydrogen-bond acceptors (Lipinski definition) is 2. The Balaban J connectivity index is 2.68. The Hall–Kier alpha value is -1.33. The van der Waals surface area contributed by atoms with Crippen molar-refractivity contribution < 1.29 is 0 Å². The van der Waals surface area contributed by atoms with Crippen LogP contribution in [0.4, 0.5) is 0 Å². The maximum atomic E-state index is 5.39. The molecule has 2 N–H and O–H groups in total. The summed E-state index contributed by atoms with van der Waals surface area (Å²) in [6.07, 6.45) is 10.7. The third kappa shape index (κ3) is 2.37. The predicted octanol–water partition coefficient (Wildman–Crippen LogP) is 0.954. The molecule has 1 heterocycles. The Labute approximate surface area is 72.8 Å². The zero-order chi connectivity index (χ0) is 8.81. The summed E-state index contributed by atoms with van der Waals surface area (Å²) < 4.78 is 0. The first-order chi connectivity index (χ1) is 5.86. The van der Waals surface area contributed by atoms with Gasteiger partial charge < -0.3 is 5.73 Å². The minimum atomic E-state index is 0.709. The molecule has 0 aliphatic heterocycles. The molecule has 0 unspecified atom stereocenters. The standard InChI is InChI=1S/C10H12N2/c1-2-9-6-10(4-3-5-11)8-12-7-9/h1,6-8H,3-5,11H2. The minimum Gasteiger partial charge on any atom is -0.330 e. The second-order valence-electron chi connectivity index (χ2n) is 2.62. The van der Waals surface area contributed by atoms with E-state index in [1.54, 1.807) is 6.20 Å². The van der Waals surface area contributed by atoms with Gasteiger partial charge >= 0.3 is 0 Å². The van der Waals surface area contributed by atoms with Crippen molar-refractivity contribution in [1.29, 1.82) is 0 Å². The molecule has 0 amide bonds. The number of aryl methyl sites for hydroxylation is 1. The number of aromatic nitrogens is 1. The lowest BCUT2D eigenvalue weighted by atomic mass is 10.1. The van der Waals surface area contributed by atoms with Crippen LogP contribution in [0, 0.1) is 12.3 Å². The van der Waals surface area contributed by atoms with Crippen LogP contribution < -0.4 is 5.73 Å². The van der Waals surface area contributed by atoms with Crippen LogP contribution in [-0.4, -0.2) is 11.5 Å². The summed E-state index contributed by atoms with van der Waals surface area (Å²) in [7, 11) is 0. The fraction of sp³-hybridized carbons (Fsp3) is 0.300. The van der Waals surface area contributed by atoms with Crippen LogP contribution in [0.15, 0.2) is 18.5 Å². The smallest absolute Gasteiger partial charge is 0.0428 e. The molecule has 0 radical (unpaired) electrons. The van der Waals surface area contributed by atoms with Crippen molar-refractivity contribution in [2.45, 2.75) is 12.8 Å². The fourth-order valence-corrected chi connectivity index (χ4v) is 1.01. The average Bonchev–Trinajstić information content (AvgIpc) is 2.15. The van der Waals surface area contributed by atoms with E-state index in [0.29, 0.717) is 6.54 Å². The van der Waals surface area contributed by atoms with Crippen molar-refractivity contribution in [3.63, 3.8) is 0 Å². The van der Waals surface area contributed by atoms with Crippen molar-refractivity contribution in [2.75, 3.05) is 6.54 Å². The Bertz CT molecular complexity index is 286. The molecule has 0 aliphatic carbocycles. The zero-order valence-electron chi connectivity index (χ0n) is 6.96.